The van der Waals surface area contributed by atoms with Crippen LogP contribution in [0.4, 0.5) is 5.82 Å². The van der Waals surface area contributed by atoms with Crippen molar-refractivity contribution in [3.05, 3.63) is 44.7 Å². The molecule has 17 heavy (non-hydrogen) atoms. The van der Waals surface area contributed by atoms with Crippen LogP contribution in [0, 0.1) is 11.3 Å². The molecule has 0 saturated heterocycles. The Morgan fingerprint density at radius 2 is 2.41 bits per heavy atom. The van der Waals surface area contributed by atoms with E-state index in [9.17, 15) is 0 Å². The van der Waals surface area contributed by atoms with Crippen molar-refractivity contribution < 1.29 is 0 Å². The number of anilines is 1. The molecule has 0 bridgehead atoms. The van der Waals surface area contributed by atoms with Gasteiger partial charge in [-0.2, -0.15) is 5.26 Å². The van der Waals surface area contributed by atoms with Gasteiger partial charge in [0.15, 0.2) is 0 Å². The fraction of sp³-hybridized carbons (Fsp3) is 0.167. The maximum Gasteiger partial charge on any atom is 0.146 e. The largest absolute Gasteiger partial charge is 0.353 e. The van der Waals surface area contributed by atoms with Gasteiger partial charge in [0.25, 0.3) is 0 Å². The van der Waals surface area contributed by atoms with Gasteiger partial charge in [-0.05, 0) is 34.1 Å². The van der Waals surface area contributed by atoms with Crippen molar-refractivity contribution in [2.24, 2.45) is 0 Å². The van der Waals surface area contributed by atoms with Gasteiger partial charge in [-0.15, -0.1) is 11.3 Å². The van der Waals surface area contributed by atoms with Crippen molar-refractivity contribution in [1.29, 1.82) is 5.26 Å². The molecule has 2 aromatic rings. The quantitative estimate of drug-likeness (QED) is 0.872. The van der Waals surface area contributed by atoms with Gasteiger partial charge < -0.3 is 4.90 Å². The summed E-state index contributed by atoms with van der Waals surface area (Å²) in [4.78, 5) is 7.46. The molecular weight excluding hydrogens is 298 g/mol. The Balaban J connectivity index is 2.20. The molecule has 0 atom stereocenters. The summed E-state index contributed by atoms with van der Waals surface area (Å²) in [6, 6.07) is 7.79. The Hall–Kier alpha value is -1.38. The summed E-state index contributed by atoms with van der Waals surface area (Å²) >= 11 is 5.12. The number of hydrogen-bond donors (Lipinski definition) is 0. The highest BCUT2D eigenvalue weighted by Crippen LogP contribution is 2.23. The number of thiophene rings is 1. The maximum atomic E-state index is 9.02. The van der Waals surface area contributed by atoms with E-state index in [0.717, 1.165) is 16.8 Å². The van der Waals surface area contributed by atoms with Crippen molar-refractivity contribution in [2.75, 3.05) is 11.9 Å². The fourth-order valence-electron chi connectivity index (χ4n) is 1.53. The van der Waals surface area contributed by atoms with E-state index in [1.807, 2.05) is 17.3 Å². The van der Waals surface area contributed by atoms with Crippen LogP contribution in [0.5, 0.6) is 0 Å². The third-order valence-corrected chi connectivity index (χ3v) is 3.97. The van der Waals surface area contributed by atoms with Gasteiger partial charge in [0.1, 0.15) is 11.9 Å². The molecule has 0 aliphatic heterocycles. The minimum atomic E-state index is 0.602. The standard InChI is InChI=1S/C12H10BrN3S/c1-16(7-11-5-10(13)8-17-11)12-9(6-14)3-2-4-15-12/h2-5,8H,7H2,1H3. The van der Waals surface area contributed by atoms with Crippen molar-refractivity contribution >= 4 is 33.1 Å². The number of rotatable bonds is 3. The van der Waals surface area contributed by atoms with Crippen molar-refractivity contribution in [3.63, 3.8) is 0 Å². The van der Waals surface area contributed by atoms with Crippen LogP contribution >= 0.6 is 27.3 Å². The van der Waals surface area contributed by atoms with Crippen LogP contribution in [0.2, 0.25) is 0 Å². The number of hydrogen-bond acceptors (Lipinski definition) is 4. The first kappa shape index (κ1) is 12.1. The summed E-state index contributed by atoms with van der Waals surface area (Å²) in [5.41, 5.74) is 0.602. The lowest BCUT2D eigenvalue weighted by Crippen LogP contribution is -2.18. The van der Waals surface area contributed by atoms with E-state index < -0.39 is 0 Å². The molecule has 0 amide bonds. The van der Waals surface area contributed by atoms with Gasteiger partial charge in [-0.1, -0.05) is 0 Å². The first-order valence-electron chi connectivity index (χ1n) is 5.00. The molecule has 0 aromatic carbocycles. The molecular formula is C12H10BrN3S. The van der Waals surface area contributed by atoms with Gasteiger partial charge >= 0.3 is 0 Å². The second-order valence-corrected chi connectivity index (χ2v) is 5.49. The zero-order valence-electron chi connectivity index (χ0n) is 9.22. The highest BCUT2D eigenvalue weighted by molar-refractivity contribution is 9.10. The number of nitriles is 1. The van der Waals surface area contributed by atoms with Gasteiger partial charge in [0.05, 0.1) is 12.1 Å². The van der Waals surface area contributed by atoms with E-state index in [-0.39, 0.29) is 0 Å². The number of nitrogens with zero attached hydrogens (tertiary/aromatic N) is 3. The molecule has 0 N–H and O–H groups in total. The van der Waals surface area contributed by atoms with Gasteiger partial charge in [-0.3, -0.25) is 0 Å². The predicted octanol–water partition coefficient (Wildman–Crippen LogP) is 3.41. The molecule has 2 rings (SSSR count). The van der Waals surface area contributed by atoms with Crippen molar-refractivity contribution in [1.82, 2.24) is 4.98 Å². The Labute approximate surface area is 112 Å². The minimum absolute atomic E-state index is 0.602. The summed E-state index contributed by atoms with van der Waals surface area (Å²) in [5.74, 6) is 0.722. The van der Waals surface area contributed by atoms with Crippen LogP contribution in [0.25, 0.3) is 0 Å². The summed E-state index contributed by atoms with van der Waals surface area (Å²) < 4.78 is 1.09. The SMILES string of the molecule is CN(Cc1cc(Br)cs1)c1ncccc1C#N. The zero-order valence-corrected chi connectivity index (χ0v) is 11.6. The minimum Gasteiger partial charge on any atom is -0.353 e. The van der Waals surface area contributed by atoms with Crippen LogP contribution < -0.4 is 4.90 Å². The number of pyridine rings is 1. The van der Waals surface area contributed by atoms with E-state index in [1.165, 1.54) is 4.88 Å². The number of aromatic nitrogens is 1. The molecule has 2 heterocycles. The molecule has 0 unspecified atom stereocenters. The van der Waals surface area contributed by atoms with Crippen molar-refractivity contribution in [3.8, 4) is 6.07 Å². The third-order valence-electron chi connectivity index (χ3n) is 2.28. The van der Waals surface area contributed by atoms with Crippen LogP contribution in [-0.2, 0) is 6.54 Å². The van der Waals surface area contributed by atoms with Gasteiger partial charge in [0.2, 0.25) is 0 Å². The molecule has 0 radical (unpaired) electrons. The smallest absolute Gasteiger partial charge is 0.146 e. The number of halogens is 1. The maximum absolute atomic E-state index is 9.02. The van der Waals surface area contributed by atoms with E-state index >= 15 is 0 Å². The second kappa shape index (κ2) is 5.30. The molecule has 3 nitrogen and oxygen atoms in total. The van der Waals surface area contributed by atoms with Gasteiger partial charge in [-0.25, -0.2) is 4.98 Å². The average Bonchev–Trinajstić information content (AvgIpc) is 2.74. The summed E-state index contributed by atoms with van der Waals surface area (Å²) in [7, 11) is 1.94. The second-order valence-electron chi connectivity index (χ2n) is 3.57. The van der Waals surface area contributed by atoms with Crippen LogP contribution in [0.3, 0.4) is 0 Å². The highest BCUT2D eigenvalue weighted by atomic mass is 79.9. The summed E-state index contributed by atoms with van der Waals surface area (Å²) in [6.45, 7) is 0.752. The predicted molar refractivity (Wildman–Crippen MR) is 73.1 cm³/mol. The van der Waals surface area contributed by atoms with Crippen LogP contribution in [0.15, 0.2) is 34.2 Å². The first-order valence-corrected chi connectivity index (χ1v) is 6.67. The molecule has 5 heteroatoms. The molecule has 86 valence electrons. The Morgan fingerprint density at radius 3 is 3.06 bits per heavy atom. The molecule has 0 fully saturated rings. The molecule has 0 aliphatic carbocycles. The van der Waals surface area contributed by atoms with E-state index in [1.54, 1.807) is 29.7 Å². The van der Waals surface area contributed by atoms with Crippen LogP contribution in [-0.4, -0.2) is 12.0 Å². The van der Waals surface area contributed by atoms with Gasteiger partial charge in [0, 0.05) is 28.0 Å². The van der Waals surface area contributed by atoms with E-state index in [2.05, 4.69) is 33.0 Å². The lowest BCUT2D eigenvalue weighted by molar-refractivity contribution is 0.909. The van der Waals surface area contributed by atoms with Crippen molar-refractivity contribution in [2.45, 2.75) is 6.54 Å². The third kappa shape index (κ3) is 2.84. The Kier molecular flexibility index (Phi) is 3.77. The Bertz CT molecular complexity index is 559. The first-order chi connectivity index (χ1) is 8.20. The summed E-state index contributed by atoms with van der Waals surface area (Å²) in [5, 5.41) is 11.1. The molecule has 0 saturated carbocycles. The lowest BCUT2D eigenvalue weighted by atomic mass is 10.2. The lowest BCUT2D eigenvalue weighted by Gasteiger charge is -2.17. The molecule has 0 aliphatic rings. The normalized spacial score (nSPS) is 9.94. The average molecular weight is 308 g/mol. The van der Waals surface area contributed by atoms with E-state index in [4.69, 9.17) is 5.26 Å². The zero-order chi connectivity index (χ0) is 12.3. The highest BCUT2D eigenvalue weighted by Gasteiger charge is 2.09. The monoisotopic (exact) mass is 307 g/mol. The van der Waals surface area contributed by atoms with E-state index in [0.29, 0.717) is 5.56 Å². The Morgan fingerprint density at radius 1 is 1.59 bits per heavy atom. The summed E-state index contributed by atoms with van der Waals surface area (Å²) in [6.07, 6.45) is 1.71. The van der Waals surface area contributed by atoms with Crippen LogP contribution in [0.1, 0.15) is 10.4 Å². The topological polar surface area (TPSA) is 39.9 Å². The fourth-order valence-corrected chi connectivity index (χ4v) is 3.04. The molecule has 2 aromatic heterocycles. The molecule has 0 spiro atoms.